The second-order valence-electron chi connectivity index (χ2n) is 3.16. The Kier molecular flexibility index (Phi) is 7.52. The van der Waals surface area contributed by atoms with Gasteiger partial charge in [0.15, 0.2) is 0 Å². The molecule has 0 saturated carbocycles. The van der Waals surface area contributed by atoms with Gasteiger partial charge in [-0.05, 0) is 24.1 Å². The topological polar surface area (TPSA) is 38.3 Å². The molecule has 0 bridgehead atoms. The Bertz CT molecular complexity index is 384. The van der Waals surface area contributed by atoms with Gasteiger partial charge < -0.3 is 10.1 Å². The number of hydrogen-bond acceptors (Lipinski definition) is 3. The summed E-state index contributed by atoms with van der Waals surface area (Å²) in [4.78, 5) is 11.3. The molecule has 1 N–H and O–H groups in total. The molecule has 0 fully saturated rings. The Morgan fingerprint density at radius 3 is 2.35 bits per heavy atom. The zero-order valence-corrected chi connectivity index (χ0v) is 11.2. The number of esters is 1. The van der Waals surface area contributed by atoms with E-state index in [1.54, 1.807) is 13.1 Å². The van der Waals surface area contributed by atoms with Gasteiger partial charge in [-0.15, -0.1) is 0 Å². The summed E-state index contributed by atoms with van der Waals surface area (Å²) in [5, 5.41) is 2.82. The third-order valence-corrected chi connectivity index (χ3v) is 2.16. The monoisotopic (exact) mass is 235 g/mol. The fourth-order valence-corrected chi connectivity index (χ4v) is 1.25. The number of likely N-dealkylation sites (N-methyl/N-ethyl adjacent to an activating group) is 1. The average molecular weight is 235 g/mol. The maximum atomic E-state index is 11.3. The summed E-state index contributed by atoms with van der Waals surface area (Å²) < 4.78 is 4.65. The highest BCUT2D eigenvalue weighted by molar-refractivity contribution is 5.93. The largest absolute Gasteiger partial charge is 0.464 e. The van der Waals surface area contributed by atoms with E-state index in [1.807, 2.05) is 45.0 Å². The summed E-state index contributed by atoms with van der Waals surface area (Å²) in [6.07, 6.45) is 1.78. The summed E-state index contributed by atoms with van der Waals surface area (Å²) in [5.41, 5.74) is 2.58. The standard InChI is InChI=1S/C12H15NO2.C2H6/c1-9-6-4-5-7-10(9)8-11(13-2)12(14)15-3;1-2/h4-8,13H,1-3H3;1-2H3/b11-8-;. The molecule has 1 aromatic rings. The minimum Gasteiger partial charge on any atom is -0.464 e. The molecule has 0 aliphatic rings. The van der Waals surface area contributed by atoms with Crippen LogP contribution in [0.3, 0.4) is 0 Å². The summed E-state index contributed by atoms with van der Waals surface area (Å²) in [5.74, 6) is -0.360. The average Bonchev–Trinajstić information content (AvgIpc) is 2.39. The first kappa shape index (κ1) is 15.2. The molecule has 17 heavy (non-hydrogen) atoms. The molecule has 0 heterocycles. The van der Waals surface area contributed by atoms with Gasteiger partial charge >= 0.3 is 5.97 Å². The minimum atomic E-state index is -0.360. The Morgan fingerprint density at radius 2 is 1.88 bits per heavy atom. The van der Waals surface area contributed by atoms with Crippen LogP contribution < -0.4 is 5.32 Å². The lowest BCUT2D eigenvalue weighted by Gasteiger charge is -2.05. The molecule has 0 saturated heterocycles. The number of carbonyl (C=O) groups excluding carboxylic acids is 1. The summed E-state index contributed by atoms with van der Waals surface area (Å²) in [6, 6.07) is 7.85. The van der Waals surface area contributed by atoms with Crippen LogP contribution in [0, 0.1) is 6.92 Å². The zero-order valence-electron chi connectivity index (χ0n) is 11.2. The highest BCUT2D eigenvalue weighted by atomic mass is 16.5. The quantitative estimate of drug-likeness (QED) is 0.646. The second kappa shape index (κ2) is 8.39. The van der Waals surface area contributed by atoms with E-state index in [-0.39, 0.29) is 5.97 Å². The van der Waals surface area contributed by atoms with Gasteiger partial charge in [0, 0.05) is 7.05 Å². The maximum absolute atomic E-state index is 11.3. The molecule has 0 unspecified atom stereocenters. The lowest BCUT2D eigenvalue weighted by atomic mass is 10.1. The van der Waals surface area contributed by atoms with Crippen molar-refractivity contribution in [3.8, 4) is 0 Å². The van der Waals surface area contributed by atoms with Gasteiger partial charge in [0.2, 0.25) is 0 Å². The molecule has 0 aromatic heterocycles. The molecule has 0 atom stereocenters. The predicted molar refractivity (Wildman–Crippen MR) is 71.6 cm³/mol. The highest BCUT2D eigenvalue weighted by Crippen LogP contribution is 2.11. The van der Waals surface area contributed by atoms with Crippen LogP contribution >= 0.6 is 0 Å². The van der Waals surface area contributed by atoms with Gasteiger partial charge in [-0.1, -0.05) is 38.1 Å². The lowest BCUT2D eigenvalue weighted by Crippen LogP contribution is -2.17. The third kappa shape index (κ3) is 4.72. The van der Waals surface area contributed by atoms with Gasteiger partial charge in [0.05, 0.1) is 7.11 Å². The van der Waals surface area contributed by atoms with E-state index in [9.17, 15) is 4.79 Å². The summed E-state index contributed by atoms with van der Waals surface area (Å²) in [7, 11) is 3.06. The van der Waals surface area contributed by atoms with E-state index in [4.69, 9.17) is 0 Å². The number of rotatable bonds is 3. The van der Waals surface area contributed by atoms with Crippen molar-refractivity contribution in [2.45, 2.75) is 20.8 Å². The number of nitrogens with one attached hydrogen (secondary N) is 1. The van der Waals surface area contributed by atoms with Crippen LogP contribution in [-0.2, 0) is 9.53 Å². The highest BCUT2D eigenvalue weighted by Gasteiger charge is 2.07. The second-order valence-corrected chi connectivity index (χ2v) is 3.16. The van der Waals surface area contributed by atoms with Gasteiger partial charge in [0.1, 0.15) is 5.70 Å². The third-order valence-electron chi connectivity index (χ3n) is 2.16. The van der Waals surface area contributed by atoms with Crippen molar-refractivity contribution in [3.05, 3.63) is 41.1 Å². The van der Waals surface area contributed by atoms with Crippen molar-refractivity contribution in [2.75, 3.05) is 14.2 Å². The maximum Gasteiger partial charge on any atom is 0.354 e. The lowest BCUT2D eigenvalue weighted by molar-refractivity contribution is -0.136. The van der Waals surface area contributed by atoms with Crippen LogP contribution in [0.15, 0.2) is 30.0 Å². The van der Waals surface area contributed by atoms with Gasteiger partial charge in [-0.3, -0.25) is 0 Å². The molecule has 3 heteroatoms. The molecule has 0 aliphatic heterocycles. The van der Waals surface area contributed by atoms with Crippen LogP contribution in [-0.4, -0.2) is 20.1 Å². The SMILES string of the molecule is CC.CN/C(=C\c1ccccc1C)C(=O)OC. The van der Waals surface area contributed by atoms with Crippen LogP contribution in [0.25, 0.3) is 6.08 Å². The predicted octanol–water partition coefficient (Wildman–Crippen LogP) is 2.75. The summed E-state index contributed by atoms with van der Waals surface area (Å²) >= 11 is 0. The Hall–Kier alpha value is -1.77. The number of ether oxygens (including phenoxy) is 1. The van der Waals surface area contributed by atoms with E-state index in [2.05, 4.69) is 10.1 Å². The Morgan fingerprint density at radius 1 is 1.29 bits per heavy atom. The normalized spacial score (nSPS) is 10.1. The molecule has 94 valence electrons. The van der Waals surface area contributed by atoms with Crippen molar-refractivity contribution in [1.82, 2.24) is 5.32 Å². The Labute approximate surface area is 103 Å². The van der Waals surface area contributed by atoms with E-state index < -0.39 is 0 Å². The van der Waals surface area contributed by atoms with E-state index in [1.165, 1.54) is 7.11 Å². The van der Waals surface area contributed by atoms with Crippen molar-refractivity contribution in [2.24, 2.45) is 0 Å². The Balaban J connectivity index is 0.00000121. The minimum absolute atomic E-state index is 0.360. The molecule has 0 radical (unpaired) electrons. The van der Waals surface area contributed by atoms with Crippen molar-refractivity contribution < 1.29 is 9.53 Å². The molecule has 1 rings (SSSR count). The molecular formula is C14H21NO2. The number of aryl methyl sites for hydroxylation is 1. The molecule has 0 aliphatic carbocycles. The molecule has 0 amide bonds. The smallest absolute Gasteiger partial charge is 0.354 e. The number of benzene rings is 1. The first-order valence-electron chi connectivity index (χ1n) is 5.72. The fourth-order valence-electron chi connectivity index (χ4n) is 1.25. The van der Waals surface area contributed by atoms with Crippen molar-refractivity contribution in [3.63, 3.8) is 0 Å². The molecular weight excluding hydrogens is 214 g/mol. The van der Waals surface area contributed by atoms with Gasteiger partial charge in [0.25, 0.3) is 0 Å². The molecule has 1 aromatic carbocycles. The molecule has 0 spiro atoms. The number of hydrogen-bond donors (Lipinski definition) is 1. The first-order chi connectivity index (χ1) is 8.19. The van der Waals surface area contributed by atoms with Crippen LogP contribution in [0.1, 0.15) is 25.0 Å². The first-order valence-corrected chi connectivity index (χ1v) is 5.72. The number of carbonyl (C=O) groups is 1. The van der Waals surface area contributed by atoms with E-state index in [0.717, 1.165) is 11.1 Å². The van der Waals surface area contributed by atoms with E-state index >= 15 is 0 Å². The van der Waals surface area contributed by atoms with Gasteiger partial charge in [-0.25, -0.2) is 4.79 Å². The number of methoxy groups -OCH3 is 1. The zero-order chi connectivity index (χ0) is 13.3. The fraction of sp³-hybridized carbons (Fsp3) is 0.357. The molecule has 3 nitrogen and oxygen atoms in total. The van der Waals surface area contributed by atoms with Crippen LogP contribution in [0.2, 0.25) is 0 Å². The van der Waals surface area contributed by atoms with Crippen LogP contribution in [0.4, 0.5) is 0 Å². The summed E-state index contributed by atoms with van der Waals surface area (Å²) in [6.45, 7) is 6.00. The van der Waals surface area contributed by atoms with Gasteiger partial charge in [-0.2, -0.15) is 0 Å². The van der Waals surface area contributed by atoms with Crippen molar-refractivity contribution in [1.29, 1.82) is 0 Å². The van der Waals surface area contributed by atoms with E-state index in [0.29, 0.717) is 5.70 Å². The van der Waals surface area contributed by atoms with Crippen LogP contribution in [0.5, 0.6) is 0 Å². The van der Waals surface area contributed by atoms with Crippen molar-refractivity contribution >= 4 is 12.0 Å².